The summed E-state index contributed by atoms with van der Waals surface area (Å²) in [4.78, 5) is 4.75. The van der Waals surface area contributed by atoms with Gasteiger partial charge in [-0.3, -0.25) is 0 Å². The highest BCUT2D eigenvalue weighted by Crippen LogP contribution is 2.27. The van der Waals surface area contributed by atoms with Gasteiger partial charge in [0.1, 0.15) is 5.82 Å². The van der Waals surface area contributed by atoms with E-state index in [4.69, 9.17) is 4.98 Å². The van der Waals surface area contributed by atoms with Crippen LogP contribution in [0.1, 0.15) is 51.9 Å². The van der Waals surface area contributed by atoms with Crippen LogP contribution in [0, 0.1) is 0 Å². The first kappa shape index (κ1) is 12.2. The van der Waals surface area contributed by atoms with Crippen LogP contribution in [-0.4, -0.2) is 9.55 Å². The number of imidazole rings is 1. The fourth-order valence-electron chi connectivity index (χ4n) is 2.24. The minimum Gasteiger partial charge on any atom is -0.331 e. The van der Waals surface area contributed by atoms with E-state index in [1.54, 1.807) is 0 Å². The van der Waals surface area contributed by atoms with Gasteiger partial charge in [0.05, 0.1) is 11.0 Å². The van der Waals surface area contributed by atoms with Gasteiger partial charge in [0.2, 0.25) is 0 Å². The van der Waals surface area contributed by atoms with E-state index in [9.17, 15) is 0 Å². The molecule has 0 fully saturated rings. The van der Waals surface area contributed by atoms with Gasteiger partial charge in [0.25, 0.3) is 0 Å². The molecule has 0 aliphatic rings. The molecule has 0 spiro atoms. The van der Waals surface area contributed by atoms with E-state index in [0.717, 1.165) is 11.3 Å². The Labute approximate surface area is 104 Å². The average molecular weight is 230 g/mol. The van der Waals surface area contributed by atoms with Crippen molar-refractivity contribution in [3.05, 3.63) is 29.6 Å². The van der Waals surface area contributed by atoms with Crippen molar-refractivity contribution in [3.63, 3.8) is 0 Å². The number of fused-ring (bicyclic) bond motifs is 1. The number of benzene rings is 1. The first-order chi connectivity index (χ1) is 7.80. The summed E-state index contributed by atoms with van der Waals surface area (Å²) in [5, 5.41) is 0. The molecule has 17 heavy (non-hydrogen) atoms. The maximum atomic E-state index is 4.75. The van der Waals surface area contributed by atoms with E-state index in [1.165, 1.54) is 11.1 Å². The standard InChI is InChI=1S/C15H22N2/c1-10(2)11-7-8-12-13(9-11)17(6)14(16-12)15(3,4)5/h7-10H,1-6H3. The lowest BCUT2D eigenvalue weighted by Crippen LogP contribution is -2.17. The molecular formula is C15H22N2. The molecule has 0 saturated heterocycles. The second-order valence-electron chi connectivity index (χ2n) is 6.15. The topological polar surface area (TPSA) is 17.8 Å². The first-order valence-corrected chi connectivity index (χ1v) is 6.27. The van der Waals surface area contributed by atoms with Crippen LogP contribution in [0.5, 0.6) is 0 Å². The van der Waals surface area contributed by atoms with Gasteiger partial charge in [-0.1, -0.05) is 40.7 Å². The zero-order valence-corrected chi connectivity index (χ0v) is 11.7. The van der Waals surface area contributed by atoms with E-state index in [0.29, 0.717) is 5.92 Å². The van der Waals surface area contributed by atoms with Crippen molar-refractivity contribution in [1.82, 2.24) is 9.55 Å². The summed E-state index contributed by atoms with van der Waals surface area (Å²) in [5.74, 6) is 1.71. The van der Waals surface area contributed by atoms with Gasteiger partial charge < -0.3 is 4.57 Å². The second kappa shape index (κ2) is 3.86. The molecule has 1 aromatic heterocycles. The van der Waals surface area contributed by atoms with Crippen molar-refractivity contribution >= 4 is 11.0 Å². The van der Waals surface area contributed by atoms with E-state index in [1.807, 2.05) is 0 Å². The van der Waals surface area contributed by atoms with Gasteiger partial charge in [-0.25, -0.2) is 4.98 Å². The van der Waals surface area contributed by atoms with Crippen molar-refractivity contribution in [2.45, 2.75) is 46.0 Å². The Balaban J connectivity index is 2.67. The summed E-state index contributed by atoms with van der Waals surface area (Å²) in [5.41, 5.74) is 3.80. The maximum Gasteiger partial charge on any atom is 0.115 e. The summed E-state index contributed by atoms with van der Waals surface area (Å²) >= 11 is 0. The number of aryl methyl sites for hydroxylation is 1. The average Bonchev–Trinajstić information content (AvgIpc) is 2.55. The number of hydrogen-bond donors (Lipinski definition) is 0. The minimum absolute atomic E-state index is 0.0891. The predicted octanol–water partition coefficient (Wildman–Crippen LogP) is 3.99. The quantitative estimate of drug-likeness (QED) is 0.724. The highest BCUT2D eigenvalue weighted by atomic mass is 15.1. The summed E-state index contributed by atoms with van der Waals surface area (Å²) in [6.45, 7) is 11.1. The fraction of sp³-hybridized carbons (Fsp3) is 0.533. The molecule has 1 heterocycles. The number of nitrogens with zero attached hydrogens (tertiary/aromatic N) is 2. The third-order valence-electron chi connectivity index (χ3n) is 3.24. The molecule has 0 aliphatic heterocycles. The molecule has 0 aliphatic carbocycles. The maximum absolute atomic E-state index is 4.75. The lowest BCUT2D eigenvalue weighted by Gasteiger charge is -2.17. The summed E-state index contributed by atoms with van der Waals surface area (Å²) < 4.78 is 2.22. The van der Waals surface area contributed by atoms with Crippen molar-refractivity contribution < 1.29 is 0 Å². The monoisotopic (exact) mass is 230 g/mol. The van der Waals surface area contributed by atoms with Crippen LogP contribution >= 0.6 is 0 Å². The van der Waals surface area contributed by atoms with Gasteiger partial charge in [0.15, 0.2) is 0 Å². The molecule has 2 nitrogen and oxygen atoms in total. The van der Waals surface area contributed by atoms with Crippen LogP contribution in [0.4, 0.5) is 0 Å². The van der Waals surface area contributed by atoms with Crippen LogP contribution in [0.2, 0.25) is 0 Å². The number of rotatable bonds is 1. The van der Waals surface area contributed by atoms with Gasteiger partial charge in [-0.05, 0) is 23.6 Å². The molecule has 2 heteroatoms. The van der Waals surface area contributed by atoms with Gasteiger partial charge in [-0.2, -0.15) is 0 Å². The summed E-state index contributed by atoms with van der Waals surface area (Å²) in [6.07, 6.45) is 0. The third-order valence-corrected chi connectivity index (χ3v) is 3.24. The summed E-state index contributed by atoms with van der Waals surface area (Å²) in [7, 11) is 2.11. The van der Waals surface area contributed by atoms with Crippen molar-refractivity contribution in [2.24, 2.45) is 7.05 Å². The van der Waals surface area contributed by atoms with Gasteiger partial charge in [0, 0.05) is 12.5 Å². The lowest BCUT2D eigenvalue weighted by atomic mass is 9.96. The molecule has 2 aromatic rings. The Morgan fingerprint density at radius 1 is 1.18 bits per heavy atom. The van der Waals surface area contributed by atoms with Crippen LogP contribution < -0.4 is 0 Å². The van der Waals surface area contributed by atoms with E-state index < -0.39 is 0 Å². The van der Waals surface area contributed by atoms with Gasteiger partial charge in [-0.15, -0.1) is 0 Å². The van der Waals surface area contributed by atoms with E-state index in [-0.39, 0.29) is 5.41 Å². The Bertz CT molecular complexity index is 542. The second-order valence-corrected chi connectivity index (χ2v) is 6.15. The first-order valence-electron chi connectivity index (χ1n) is 6.27. The molecule has 1 aromatic carbocycles. The van der Waals surface area contributed by atoms with Crippen molar-refractivity contribution in [3.8, 4) is 0 Å². The SMILES string of the molecule is CC(C)c1ccc2nc(C(C)(C)C)n(C)c2c1. The van der Waals surface area contributed by atoms with Crippen LogP contribution in [0.15, 0.2) is 18.2 Å². The Kier molecular flexibility index (Phi) is 2.76. The highest BCUT2D eigenvalue weighted by molar-refractivity contribution is 5.77. The number of aromatic nitrogens is 2. The van der Waals surface area contributed by atoms with E-state index in [2.05, 4.69) is 64.4 Å². The molecule has 0 amide bonds. The summed E-state index contributed by atoms with van der Waals surface area (Å²) in [6, 6.07) is 6.59. The molecule has 92 valence electrons. The molecule has 2 rings (SSSR count). The van der Waals surface area contributed by atoms with E-state index >= 15 is 0 Å². The Morgan fingerprint density at radius 3 is 2.35 bits per heavy atom. The van der Waals surface area contributed by atoms with Crippen LogP contribution in [-0.2, 0) is 12.5 Å². The smallest absolute Gasteiger partial charge is 0.115 e. The van der Waals surface area contributed by atoms with Crippen molar-refractivity contribution in [1.29, 1.82) is 0 Å². The lowest BCUT2D eigenvalue weighted by molar-refractivity contribution is 0.526. The van der Waals surface area contributed by atoms with Crippen LogP contribution in [0.25, 0.3) is 11.0 Å². The highest BCUT2D eigenvalue weighted by Gasteiger charge is 2.21. The molecule has 0 radical (unpaired) electrons. The normalized spacial score (nSPS) is 12.6. The number of hydrogen-bond acceptors (Lipinski definition) is 1. The predicted molar refractivity (Wildman–Crippen MR) is 73.5 cm³/mol. The molecule has 0 atom stereocenters. The van der Waals surface area contributed by atoms with Crippen LogP contribution in [0.3, 0.4) is 0 Å². The third kappa shape index (κ3) is 2.08. The zero-order valence-electron chi connectivity index (χ0n) is 11.7. The minimum atomic E-state index is 0.0891. The Hall–Kier alpha value is -1.31. The largest absolute Gasteiger partial charge is 0.331 e. The molecule has 0 N–H and O–H groups in total. The molecule has 0 bridgehead atoms. The Morgan fingerprint density at radius 2 is 1.82 bits per heavy atom. The molecular weight excluding hydrogens is 208 g/mol. The fourth-order valence-corrected chi connectivity index (χ4v) is 2.24. The molecule has 0 unspecified atom stereocenters. The molecule has 0 saturated carbocycles. The zero-order chi connectivity index (χ0) is 12.8. The van der Waals surface area contributed by atoms with Crippen molar-refractivity contribution in [2.75, 3.05) is 0 Å². The van der Waals surface area contributed by atoms with Gasteiger partial charge >= 0.3 is 0 Å².